The minimum absolute atomic E-state index is 0.116. The van der Waals surface area contributed by atoms with Gasteiger partial charge in [-0.15, -0.1) is 0 Å². The molecule has 0 N–H and O–H groups in total. The van der Waals surface area contributed by atoms with Crippen LogP contribution >= 0.6 is 28.9 Å². The van der Waals surface area contributed by atoms with Crippen molar-refractivity contribution in [2.75, 3.05) is 0 Å². The Kier molecular flexibility index (Phi) is 5.95. The minimum Gasteiger partial charge on any atom is -0.297 e. The summed E-state index contributed by atoms with van der Waals surface area (Å²) in [6.45, 7) is 4.19. The zero-order valence-corrected chi connectivity index (χ0v) is 10.3. The van der Waals surface area contributed by atoms with Crippen LogP contribution in [-0.4, -0.2) is 12.2 Å². The monoisotopic (exact) mass is 230 g/mol. The molecular weight excluding hydrogens is 215 g/mol. The Labute approximate surface area is 82.7 Å². The Morgan fingerprint density at radius 1 is 1.17 bits per heavy atom. The lowest BCUT2D eigenvalue weighted by atomic mass is 10.5. The third-order valence-electron chi connectivity index (χ3n) is 0.780. The summed E-state index contributed by atoms with van der Waals surface area (Å²) in [5.41, 5.74) is 0. The van der Waals surface area contributed by atoms with Crippen molar-refractivity contribution in [1.29, 1.82) is 0 Å². The molecule has 0 aromatic heterocycles. The van der Waals surface area contributed by atoms with Gasteiger partial charge in [0, 0.05) is 10.4 Å². The van der Waals surface area contributed by atoms with Crippen molar-refractivity contribution in [1.82, 2.24) is 0 Å². The molecule has 0 aliphatic heterocycles. The highest BCUT2D eigenvalue weighted by atomic mass is 33.3. The molecule has 0 bridgehead atoms. The second-order valence-electron chi connectivity index (χ2n) is 2.84. The Morgan fingerprint density at radius 2 is 1.50 bits per heavy atom. The van der Waals surface area contributed by atoms with E-state index in [1.54, 1.807) is 27.7 Å². The van der Waals surface area contributed by atoms with Crippen LogP contribution in [0.5, 0.6) is 0 Å². The number of rotatable bonds is 5. The summed E-state index contributed by atoms with van der Waals surface area (Å²) < 4.78 is 21.9. The smallest absolute Gasteiger partial charge is 0.297 e. The average molecular weight is 230 g/mol. The van der Waals surface area contributed by atoms with Gasteiger partial charge in [0.2, 0.25) is 0 Å². The molecule has 0 heterocycles. The van der Waals surface area contributed by atoms with Gasteiger partial charge in [-0.3, -0.25) is 9.05 Å². The van der Waals surface area contributed by atoms with Crippen LogP contribution in [0.3, 0.4) is 0 Å². The highest BCUT2D eigenvalue weighted by Gasteiger charge is 2.27. The molecule has 0 aromatic carbocycles. The predicted octanol–water partition coefficient (Wildman–Crippen LogP) is 3.52. The standard InChI is InChI=1S/C6H15O3PS2/c1-5(2)8-10(7,12-11)9-6(3)4/h5-6,11H,1-4H3. The van der Waals surface area contributed by atoms with E-state index in [1.807, 2.05) is 0 Å². The van der Waals surface area contributed by atoms with Crippen LogP contribution in [-0.2, 0) is 13.6 Å². The van der Waals surface area contributed by atoms with E-state index in [0.717, 1.165) is 10.4 Å². The number of hydrogen-bond acceptors (Lipinski definition) is 5. The first kappa shape index (κ1) is 12.8. The zero-order chi connectivity index (χ0) is 9.78. The van der Waals surface area contributed by atoms with Crippen molar-refractivity contribution < 1.29 is 13.6 Å². The summed E-state index contributed by atoms with van der Waals surface area (Å²) in [5, 5.41) is 0. The summed E-state index contributed by atoms with van der Waals surface area (Å²) in [5.74, 6) is 0. The molecule has 3 nitrogen and oxygen atoms in total. The van der Waals surface area contributed by atoms with E-state index in [-0.39, 0.29) is 12.2 Å². The first-order chi connectivity index (χ1) is 5.39. The maximum Gasteiger partial charge on any atom is 0.399 e. The second kappa shape index (κ2) is 5.55. The van der Waals surface area contributed by atoms with Crippen LogP contribution in [0.2, 0.25) is 0 Å². The fourth-order valence-corrected chi connectivity index (χ4v) is 3.70. The highest BCUT2D eigenvalue weighted by molar-refractivity contribution is 8.93. The van der Waals surface area contributed by atoms with Crippen LogP contribution < -0.4 is 0 Å². The van der Waals surface area contributed by atoms with E-state index in [4.69, 9.17) is 9.05 Å². The molecule has 6 heteroatoms. The van der Waals surface area contributed by atoms with Gasteiger partial charge in [-0.2, -0.15) is 0 Å². The molecule has 0 saturated carbocycles. The summed E-state index contributed by atoms with van der Waals surface area (Å²) in [7, 11) is 0.834. The summed E-state index contributed by atoms with van der Waals surface area (Å²) >= 11 is 3.85. The lowest BCUT2D eigenvalue weighted by Crippen LogP contribution is -2.05. The number of hydrogen-bond donors (Lipinski definition) is 1. The molecule has 0 spiro atoms. The summed E-state index contributed by atoms with van der Waals surface area (Å²) in [4.78, 5) is 0. The summed E-state index contributed by atoms with van der Waals surface area (Å²) in [6, 6.07) is 0. The van der Waals surface area contributed by atoms with Gasteiger partial charge in [0.25, 0.3) is 0 Å². The third kappa shape index (κ3) is 5.49. The van der Waals surface area contributed by atoms with Crippen LogP contribution in [0.25, 0.3) is 0 Å². The molecule has 0 fully saturated rings. The van der Waals surface area contributed by atoms with Gasteiger partial charge >= 0.3 is 6.80 Å². The molecule has 0 rings (SSSR count). The molecule has 0 amide bonds. The van der Waals surface area contributed by atoms with Crippen LogP contribution in [0.1, 0.15) is 27.7 Å². The molecule has 0 atom stereocenters. The largest absolute Gasteiger partial charge is 0.399 e. The molecular formula is C6H15O3PS2. The van der Waals surface area contributed by atoms with Crippen molar-refractivity contribution >= 4 is 28.9 Å². The molecule has 0 aliphatic carbocycles. The Bertz CT molecular complexity index is 158. The van der Waals surface area contributed by atoms with E-state index < -0.39 is 6.80 Å². The molecule has 74 valence electrons. The topological polar surface area (TPSA) is 35.5 Å². The molecule has 0 radical (unpaired) electrons. The Balaban J connectivity index is 4.15. The van der Waals surface area contributed by atoms with E-state index in [0.29, 0.717) is 0 Å². The maximum absolute atomic E-state index is 11.6. The van der Waals surface area contributed by atoms with Gasteiger partial charge in [0.05, 0.1) is 12.2 Å². The van der Waals surface area contributed by atoms with Gasteiger partial charge in [0.1, 0.15) is 0 Å². The van der Waals surface area contributed by atoms with Crippen molar-refractivity contribution in [2.45, 2.75) is 39.9 Å². The van der Waals surface area contributed by atoms with E-state index in [2.05, 4.69) is 11.7 Å². The maximum atomic E-state index is 11.6. The number of thiol groups is 1. The van der Waals surface area contributed by atoms with Crippen molar-refractivity contribution in [3.8, 4) is 0 Å². The SMILES string of the molecule is CC(C)OP(=O)(OC(C)C)SS. The van der Waals surface area contributed by atoms with Crippen molar-refractivity contribution in [2.24, 2.45) is 0 Å². The molecule has 0 aliphatic rings. The minimum atomic E-state index is -3.03. The van der Waals surface area contributed by atoms with Crippen LogP contribution in [0.15, 0.2) is 0 Å². The lowest BCUT2D eigenvalue weighted by molar-refractivity contribution is 0.156. The van der Waals surface area contributed by atoms with E-state index >= 15 is 0 Å². The lowest BCUT2D eigenvalue weighted by Gasteiger charge is -2.19. The third-order valence-corrected chi connectivity index (χ3v) is 5.26. The normalized spacial score (nSPS) is 12.9. The summed E-state index contributed by atoms with van der Waals surface area (Å²) in [6.07, 6.45) is -0.233. The van der Waals surface area contributed by atoms with E-state index in [1.165, 1.54) is 0 Å². The first-order valence-corrected chi connectivity index (χ1v) is 7.71. The fourth-order valence-electron chi connectivity index (χ4n) is 0.580. The van der Waals surface area contributed by atoms with Gasteiger partial charge in [-0.05, 0) is 27.7 Å². The molecule has 0 saturated heterocycles. The van der Waals surface area contributed by atoms with E-state index in [9.17, 15) is 4.57 Å². The average Bonchev–Trinajstić information content (AvgIpc) is 1.83. The van der Waals surface area contributed by atoms with Gasteiger partial charge < -0.3 is 0 Å². The van der Waals surface area contributed by atoms with Crippen LogP contribution in [0.4, 0.5) is 0 Å². The fraction of sp³-hybridized carbons (Fsp3) is 1.00. The molecule has 0 unspecified atom stereocenters. The van der Waals surface area contributed by atoms with Crippen LogP contribution in [0, 0.1) is 0 Å². The van der Waals surface area contributed by atoms with Crippen molar-refractivity contribution in [3.63, 3.8) is 0 Å². The van der Waals surface area contributed by atoms with Gasteiger partial charge in [-0.1, -0.05) is 11.7 Å². The first-order valence-electron chi connectivity index (χ1n) is 3.69. The molecule has 12 heavy (non-hydrogen) atoms. The Morgan fingerprint density at radius 3 is 1.67 bits per heavy atom. The zero-order valence-electron chi connectivity index (χ0n) is 7.68. The highest BCUT2D eigenvalue weighted by Crippen LogP contribution is 2.63. The Hall–Kier alpha value is 0.850. The quantitative estimate of drug-likeness (QED) is 0.445. The van der Waals surface area contributed by atoms with Crippen molar-refractivity contribution in [3.05, 3.63) is 0 Å². The predicted molar refractivity (Wildman–Crippen MR) is 56.6 cm³/mol. The van der Waals surface area contributed by atoms with Gasteiger partial charge in [-0.25, -0.2) is 4.57 Å². The van der Waals surface area contributed by atoms with Gasteiger partial charge in [0.15, 0.2) is 0 Å². The second-order valence-corrected chi connectivity index (χ2v) is 7.62. The molecule has 0 aromatic rings.